The summed E-state index contributed by atoms with van der Waals surface area (Å²) in [6.45, 7) is 7.62. The van der Waals surface area contributed by atoms with Crippen molar-refractivity contribution in [3.8, 4) is 0 Å². The number of esters is 1. The van der Waals surface area contributed by atoms with E-state index in [1.54, 1.807) is 0 Å². The van der Waals surface area contributed by atoms with Crippen LogP contribution in [0.5, 0.6) is 0 Å². The van der Waals surface area contributed by atoms with E-state index in [4.69, 9.17) is 0 Å². The lowest BCUT2D eigenvalue weighted by molar-refractivity contribution is -0.142. The fraction of sp³-hybridized carbons (Fsp3) is 0.286. The number of carbonyl (C=O) groups is 1. The highest BCUT2D eigenvalue weighted by Gasteiger charge is 2.14. The number of carbonyl (C=O) groups excluding carboxylic acids is 1. The summed E-state index contributed by atoms with van der Waals surface area (Å²) in [5.74, 6) is -0.201. The molecule has 1 heterocycles. The summed E-state index contributed by atoms with van der Waals surface area (Å²) in [5, 5.41) is 0. The lowest BCUT2D eigenvalue weighted by Crippen LogP contribution is -2.15. The molecule has 48 valence electrons. The maximum absolute atomic E-state index is 10.5. The molecular formula is C7H8O2. The molecule has 1 rings (SSSR count). The minimum Gasteiger partial charge on any atom is -0.461 e. The molecule has 0 aromatic carbocycles. The Bertz CT molecular complexity index is 179. The maximum Gasteiger partial charge on any atom is 0.310 e. The first-order valence-electron chi connectivity index (χ1n) is 2.71. The molecule has 2 heteroatoms. The quantitative estimate of drug-likeness (QED) is 0.451. The fourth-order valence-corrected chi connectivity index (χ4v) is 0.620. The van der Waals surface area contributed by atoms with Gasteiger partial charge in [-0.1, -0.05) is 13.2 Å². The van der Waals surface area contributed by atoms with E-state index in [2.05, 4.69) is 17.9 Å². The van der Waals surface area contributed by atoms with Gasteiger partial charge in [-0.3, -0.25) is 4.79 Å². The van der Waals surface area contributed by atoms with Crippen molar-refractivity contribution in [2.24, 2.45) is 0 Å². The van der Waals surface area contributed by atoms with Crippen LogP contribution in [-0.4, -0.2) is 12.6 Å². The number of cyclic esters (lactones) is 1. The van der Waals surface area contributed by atoms with Crippen LogP contribution in [0.3, 0.4) is 0 Å². The minimum absolute atomic E-state index is 0.201. The molecule has 0 spiro atoms. The van der Waals surface area contributed by atoms with Gasteiger partial charge in [0.15, 0.2) is 0 Å². The van der Waals surface area contributed by atoms with E-state index in [0.29, 0.717) is 13.0 Å². The highest BCUT2D eigenvalue weighted by Crippen LogP contribution is 2.16. The number of rotatable bonds is 0. The van der Waals surface area contributed by atoms with Crippen LogP contribution in [-0.2, 0) is 9.53 Å². The summed E-state index contributed by atoms with van der Waals surface area (Å²) in [6, 6.07) is 0. The topological polar surface area (TPSA) is 26.3 Å². The molecule has 0 aliphatic carbocycles. The third-order valence-corrected chi connectivity index (χ3v) is 1.27. The van der Waals surface area contributed by atoms with Crippen molar-refractivity contribution < 1.29 is 9.53 Å². The van der Waals surface area contributed by atoms with Crippen LogP contribution in [0.15, 0.2) is 24.3 Å². The number of ether oxygens (including phenoxy) is 1. The SMILES string of the molecule is C=C1COC(=O)CC1=C. The summed E-state index contributed by atoms with van der Waals surface area (Å²) in [7, 11) is 0. The van der Waals surface area contributed by atoms with Gasteiger partial charge in [-0.25, -0.2) is 0 Å². The highest BCUT2D eigenvalue weighted by molar-refractivity contribution is 5.75. The van der Waals surface area contributed by atoms with Crippen LogP contribution in [0, 0.1) is 0 Å². The molecule has 2 nitrogen and oxygen atoms in total. The molecule has 0 unspecified atom stereocenters. The highest BCUT2D eigenvalue weighted by atomic mass is 16.5. The van der Waals surface area contributed by atoms with E-state index < -0.39 is 0 Å². The van der Waals surface area contributed by atoms with Gasteiger partial charge in [0.1, 0.15) is 6.61 Å². The van der Waals surface area contributed by atoms with Crippen molar-refractivity contribution in [3.63, 3.8) is 0 Å². The van der Waals surface area contributed by atoms with Crippen LogP contribution in [0.4, 0.5) is 0 Å². The Morgan fingerprint density at radius 1 is 1.33 bits per heavy atom. The van der Waals surface area contributed by atoms with Gasteiger partial charge in [-0.2, -0.15) is 0 Å². The maximum atomic E-state index is 10.5. The van der Waals surface area contributed by atoms with Gasteiger partial charge < -0.3 is 4.74 Å². The van der Waals surface area contributed by atoms with Crippen LogP contribution in [0.25, 0.3) is 0 Å². The molecule has 0 bridgehead atoms. The molecule has 1 aliphatic rings. The van der Waals surface area contributed by atoms with Crippen molar-refractivity contribution in [1.29, 1.82) is 0 Å². The Kier molecular flexibility index (Phi) is 1.39. The predicted octanol–water partition coefficient (Wildman–Crippen LogP) is 1.05. The average molecular weight is 124 g/mol. The zero-order valence-corrected chi connectivity index (χ0v) is 5.14. The van der Waals surface area contributed by atoms with Crippen molar-refractivity contribution in [3.05, 3.63) is 24.3 Å². The van der Waals surface area contributed by atoms with Crippen LogP contribution in [0.1, 0.15) is 6.42 Å². The molecule has 9 heavy (non-hydrogen) atoms. The lowest BCUT2D eigenvalue weighted by atomic mass is 10.1. The molecule has 1 aliphatic heterocycles. The summed E-state index contributed by atoms with van der Waals surface area (Å²) in [4.78, 5) is 10.5. The van der Waals surface area contributed by atoms with E-state index in [0.717, 1.165) is 11.1 Å². The minimum atomic E-state index is -0.201. The van der Waals surface area contributed by atoms with Crippen molar-refractivity contribution in [2.75, 3.05) is 6.61 Å². The molecular weight excluding hydrogens is 116 g/mol. The first kappa shape index (κ1) is 6.08. The Morgan fingerprint density at radius 2 is 2.00 bits per heavy atom. The molecule has 1 fully saturated rings. The molecule has 0 amide bonds. The lowest BCUT2D eigenvalue weighted by Gasteiger charge is -2.14. The Labute approximate surface area is 53.8 Å². The van der Waals surface area contributed by atoms with Gasteiger partial charge in [0.05, 0.1) is 6.42 Å². The van der Waals surface area contributed by atoms with Gasteiger partial charge in [0.2, 0.25) is 0 Å². The van der Waals surface area contributed by atoms with Crippen LogP contribution < -0.4 is 0 Å². The van der Waals surface area contributed by atoms with E-state index in [1.165, 1.54) is 0 Å². The summed E-state index contributed by atoms with van der Waals surface area (Å²) >= 11 is 0. The summed E-state index contributed by atoms with van der Waals surface area (Å²) in [6.07, 6.45) is 0.304. The molecule has 0 atom stereocenters. The summed E-state index contributed by atoms with van der Waals surface area (Å²) < 4.78 is 4.66. The van der Waals surface area contributed by atoms with Gasteiger partial charge in [-0.15, -0.1) is 0 Å². The van der Waals surface area contributed by atoms with Gasteiger partial charge in [-0.05, 0) is 11.1 Å². The Morgan fingerprint density at radius 3 is 2.44 bits per heavy atom. The second-order valence-electron chi connectivity index (χ2n) is 2.04. The molecule has 1 saturated heterocycles. The van der Waals surface area contributed by atoms with Crippen molar-refractivity contribution >= 4 is 5.97 Å². The van der Waals surface area contributed by atoms with Gasteiger partial charge >= 0.3 is 5.97 Å². The van der Waals surface area contributed by atoms with Crippen molar-refractivity contribution in [2.45, 2.75) is 6.42 Å². The Hall–Kier alpha value is -1.05. The molecule has 0 saturated carbocycles. The van der Waals surface area contributed by atoms with E-state index in [9.17, 15) is 4.79 Å². The smallest absolute Gasteiger partial charge is 0.310 e. The second-order valence-corrected chi connectivity index (χ2v) is 2.04. The number of hydrogen-bond donors (Lipinski definition) is 0. The molecule has 0 N–H and O–H groups in total. The first-order valence-corrected chi connectivity index (χ1v) is 2.71. The summed E-state index contributed by atoms with van der Waals surface area (Å²) in [5.41, 5.74) is 1.63. The fourth-order valence-electron chi connectivity index (χ4n) is 0.620. The van der Waals surface area contributed by atoms with Gasteiger partial charge in [0.25, 0.3) is 0 Å². The third kappa shape index (κ3) is 1.19. The average Bonchev–Trinajstić information content (AvgIpc) is 1.80. The standard InChI is InChI=1S/C7H8O2/c1-5-3-7(8)9-4-6(5)2/h1-4H2. The first-order chi connectivity index (χ1) is 4.20. The predicted molar refractivity (Wildman–Crippen MR) is 33.9 cm³/mol. The normalized spacial score (nSPS) is 19.8. The van der Waals surface area contributed by atoms with Crippen LogP contribution >= 0.6 is 0 Å². The molecule has 0 radical (unpaired) electrons. The van der Waals surface area contributed by atoms with Crippen LogP contribution in [0.2, 0.25) is 0 Å². The Balaban J connectivity index is 2.64. The zero-order valence-electron chi connectivity index (χ0n) is 5.14. The molecule has 0 aromatic heterocycles. The van der Waals surface area contributed by atoms with E-state index in [1.807, 2.05) is 0 Å². The van der Waals surface area contributed by atoms with E-state index in [-0.39, 0.29) is 5.97 Å². The monoisotopic (exact) mass is 124 g/mol. The van der Waals surface area contributed by atoms with Gasteiger partial charge in [0, 0.05) is 0 Å². The second kappa shape index (κ2) is 2.05. The molecule has 0 aromatic rings. The van der Waals surface area contributed by atoms with Crippen molar-refractivity contribution in [1.82, 2.24) is 0 Å². The third-order valence-electron chi connectivity index (χ3n) is 1.27. The largest absolute Gasteiger partial charge is 0.461 e. The van der Waals surface area contributed by atoms with E-state index >= 15 is 0 Å². The zero-order chi connectivity index (χ0) is 6.85. The number of hydrogen-bond acceptors (Lipinski definition) is 2.